The lowest BCUT2D eigenvalue weighted by Gasteiger charge is -1.98. The highest BCUT2D eigenvalue weighted by atomic mass is 32.1. The Kier molecular flexibility index (Phi) is 5.11. The average Bonchev–Trinajstić information content (AvgIpc) is 1.83. The fourth-order valence-electron chi connectivity index (χ4n) is 0.395. The van der Waals surface area contributed by atoms with E-state index in [9.17, 15) is 4.79 Å². The van der Waals surface area contributed by atoms with Gasteiger partial charge >= 0.3 is 0 Å². The zero-order valence-corrected chi connectivity index (χ0v) is 5.60. The predicted octanol–water partition coefficient (Wildman–Crippen LogP) is 0.223. The molecule has 3 heteroatoms. The van der Waals surface area contributed by atoms with Crippen LogP contribution < -0.4 is 5.73 Å². The molecule has 2 nitrogen and oxygen atoms in total. The summed E-state index contributed by atoms with van der Waals surface area (Å²) in [5, 5.41) is 0. The lowest BCUT2D eigenvalue weighted by Crippen LogP contribution is -2.20. The summed E-state index contributed by atoms with van der Waals surface area (Å²) in [5.74, 6) is 0.807. The Morgan fingerprint density at radius 1 is 1.75 bits per heavy atom. The van der Waals surface area contributed by atoms with Crippen molar-refractivity contribution in [2.45, 2.75) is 18.9 Å². The van der Waals surface area contributed by atoms with Crippen LogP contribution in [0.25, 0.3) is 0 Å². The van der Waals surface area contributed by atoms with Crippen molar-refractivity contribution in [2.75, 3.05) is 5.75 Å². The molecule has 48 valence electrons. The van der Waals surface area contributed by atoms with Crippen LogP contribution in [0.5, 0.6) is 0 Å². The Hall–Kier alpha value is -0.0200. The summed E-state index contributed by atoms with van der Waals surface area (Å²) in [6, 6.07) is -0.276. The Morgan fingerprint density at radius 3 is 2.75 bits per heavy atom. The van der Waals surface area contributed by atoms with Gasteiger partial charge in [0.2, 0.25) is 0 Å². The highest BCUT2D eigenvalue weighted by molar-refractivity contribution is 7.80. The molecule has 0 aromatic rings. The predicted molar refractivity (Wildman–Crippen MR) is 37.1 cm³/mol. The zero-order valence-electron chi connectivity index (χ0n) is 4.71. The SMILES string of the molecule is NC(C=O)CCCS. The molecule has 0 saturated carbocycles. The summed E-state index contributed by atoms with van der Waals surface area (Å²) in [6.07, 6.45) is 2.44. The van der Waals surface area contributed by atoms with E-state index < -0.39 is 0 Å². The average molecular weight is 133 g/mol. The van der Waals surface area contributed by atoms with Gasteiger partial charge in [-0.1, -0.05) is 0 Å². The molecule has 0 heterocycles. The van der Waals surface area contributed by atoms with Crippen molar-refractivity contribution in [1.29, 1.82) is 0 Å². The van der Waals surface area contributed by atoms with Crippen LogP contribution in [0, 0.1) is 0 Å². The van der Waals surface area contributed by atoms with Gasteiger partial charge in [0, 0.05) is 0 Å². The van der Waals surface area contributed by atoms with Crippen molar-refractivity contribution < 1.29 is 4.79 Å². The number of thiol groups is 1. The van der Waals surface area contributed by atoms with Gasteiger partial charge in [0.05, 0.1) is 6.04 Å². The number of hydrogen-bond donors (Lipinski definition) is 2. The first-order valence-electron chi connectivity index (χ1n) is 2.63. The molecular weight excluding hydrogens is 122 g/mol. The first kappa shape index (κ1) is 7.98. The standard InChI is InChI=1S/C5H11NOS/c6-5(4-7)2-1-3-8/h4-5,8H,1-3,6H2. The van der Waals surface area contributed by atoms with Crippen LogP contribution in [0.3, 0.4) is 0 Å². The van der Waals surface area contributed by atoms with Gasteiger partial charge in [-0.15, -0.1) is 0 Å². The molecule has 0 bridgehead atoms. The molecule has 0 aliphatic rings. The van der Waals surface area contributed by atoms with Crippen molar-refractivity contribution in [3.8, 4) is 0 Å². The molecule has 0 aliphatic carbocycles. The molecule has 0 aromatic heterocycles. The minimum Gasteiger partial charge on any atom is -0.322 e. The third-order valence-electron chi connectivity index (χ3n) is 0.870. The maximum absolute atomic E-state index is 9.86. The number of hydrogen-bond acceptors (Lipinski definition) is 3. The molecule has 0 saturated heterocycles. The van der Waals surface area contributed by atoms with Gasteiger partial charge in [0.1, 0.15) is 6.29 Å². The Bertz CT molecular complexity index is 67.4. The van der Waals surface area contributed by atoms with Crippen LogP contribution in [-0.4, -0.2) is 18.1 Å². The summed E-state index contributed by atoms with van der Waals surface area (Å²) in [4.78, 5) is 9.86. The van der Waals surface area contributed by atoms with E-state index in [1.54, 1.807) is 0 Å². The minimum absolute atomic E-state index is 0.276. The van der Waals surface area contributed by atoms with E-state index in [2.05, 4.69) is 12.6 Å². The van der Waals surface area contributed by atoms with Crippen molar-refractivity contribution in [2.24, 2.45) is 5.73 Å². The first-order valence-corrected chi connectivity index (χ1v) is 3.26. The number of rotatable bonds is 4. The van der Waals surface area contributed by atoms with Crippen LogP contribution in [0.15, 0.2) is 0 Å². The molecule has 0 spiro atoms. The molecule has 0 radical (unpaired) electrons. The quantitative estimate of drug-likeness (QED) is 0.425. The fourth-order valence-corrected chi connectivity index (χ4v) is 0.578. The Balaban J connectivity index is 2.98. The van der Waals surface area contributed by atoms with Crippen molar-refractivity contribution >= 4 is 18.9 Å². The minimum atomic E-state index is -0.276. The van der Waals surface area contributed by atoms with Gasteiger partial charge in [-0.25, -0.2) is 0 Å². The molecule has 8 heavy (non-hydrogen) atoms. The van der Waals surface area contributed by atoms with Crippen LogP contribution >= 0.6 is 12.6 Å². The molecule has 1 unspecified atom stereocenters. The number of carbonyl (C=O) groups excluding carboxylic acids is 1. The molecule has 0 aromatic carbocycles. The summed E-state index contributed by atoms with van der Waals surface area (Å²) >= 11 is 3.96. The van der Waals surface area contributed by atoms with Gasteiger partial charge in [-0.3, -0.25) is 0 Å². The van der Waals surface area contributed by atoms with E-state index in [4.69, 9.17) is 5.73 Å². The van der Waals surface area contributed by atoms with E-state index in [-0.39, 0.29) is 6.04 Å². The van der Waals surface area contributed by atoms with Crippen LogP contribution in [0.2, 0.25) is 0 Å². The van der Waals surface area contributed by atoms with Gasteiger partial charge in [-0.2, -0.15) is 12.6 Å². The fraction of sp³-hybridized carbons (Fsp3) is 0.800. The van der Waals surface area contributed by atoms with Gasteiger partial charge in [0.25, 0.3) is 0 Å². The van der Waals surface area contributed by atoms with Gasteiger partial charge in [0.15, 0.2) is 0 Å². The second-order valence-corrected chi connectivity index (χ2v) is 2.11. The zero-order chi connectivity index (χ0) is 6.41. The molecule has 2 N–H and O–H groups in total. The molecule has 0 amide bonds. The maximum atomic E-state index is 9.86. The lowest BCUT2D eigenvalue weighted by molar-refractivity contribution is -0.109. The normalized spacial score (nSPS) is 13.2. The van der Waals surface area contributed by atoms with Crippen LogP contribution in [0.1, 0.15) is 12.8 Å². The smallest absolute Gasteiger partial charge is 0.136 e. The number of nitrogens with two attached hydrogens (primary N) is 1. The largest absolute Gasteiger partial charge is 0.322 e. The van der Waals surface area contributed by atoms with Crippen LogP contribution in [0.4, 0.5) is 0 Å². The molecule has 0 fully saturated rings. The molecule has 0 aliphatic heterocycles. The van der Waals surface area contributed by atoms with E-state index in [1.165, 1.54) is 0 Å². The van der Waals surface area contributed by atoms with Gasteiger partial charge < -0.3 is 10.5 Å². The third kappa shape index (κ3) is 4.15. The molecular formula is C5H11NOS. The number of aldehydes is 1. The summed E-state index contributed by atoms with van der Waals surface area (Å²) in [5.41, 5.74) is 5.26. The topological polar surface area (TPSA) is 43.1 Å². The highest BCUT2D eigenvalue weighted by Crippen LogP contribution is 1.92. The summed E-state index contributed by atoms with van der Waals surface area (Å²) in [6.45, 7) is 0. The van der Waals surface area contributed by atoms with E-state index in [0.717, 1.165) is 24.9 Å². The second-order valence-electron chi connectivity index (χ2n) is 1.67. The monoisotopic (exact) mass is 133 g/mol. The Labute approximate surface area is 54.9 Å². The Morgan fingerprint density at radius 2 is 2.38 bits per heavy atom. The number of carbonyl (C=O) groups is 1. The van der Waals surface area contributed by atoms with Crippen molar-refractivity contribution in [3.05, 3.63) is 0 Å². The van der Waals surface area contributed by atoms with Crippen LogP contribution in [-0.2, 0) is 4.79 Å². The van der Waals surface area contributed by atoms with E-state index in [1.807, 2.05) is 0 Å². The highest BCUT2D eigenvalue weighted by Gasteiger charge is 1.95. The summed E-state index contributed by atoms with van der Waals surface area (Å²) < 4.78 is 0. The van der Waals surface area contributed by atoms with E-state index in [0.29, 0.717) is 0 Å². The second kappa shape index (κ2) is 5.12. The van der Waals surface area contributed by atoms with Crippen molar-refractivity contribution in [3.63, 3.8) is 0 Å². The molecule has 1 atom stereocenters. The summed E-state index contributed by atoms with van der Waals surface area (Å²) in [7, 11) is 0. The third-order valence-corrected chi connectivity index (χ3v) is 1.19. The van der Waals surface area contributed by atoms with Crippen molar-refractivity contribution in [1.82, 2.24) is 0 Å². The maximum Gasteiger partial charge on any atom is 0.136 e. The molecule has 0 rings (SSSR count). The first-order chi connectivity index (χ1) is 3.81. The van der Waals surface area contributed by atoms with Gasteiger partial charge in [-0.05, 0) is 18.6 Å². The van der Waals surface area contributed by atoms with E-state index >= 15 is 0 Å². The lowest BCUT2D eigenvalue weighted by atomic mass is 10.2.